The summed E-state index contributed by atoms with van der Waals surface area (Å²) >= 11 is 0. The number of nitrogens with one attached hydrogen (secondary N) is 1. The molecule has 1 atom stereocenters. The van der Waals surface area contributed by atoms with E-state index in [0.717, 1.165) is 0 Å². The molecule has 0 heterocycles. The number of alkyl carbamates (subject to hydrolysis) is 1. The van der Waals surface area contributed by atoms with Crippen LogP contribution in [0, 0.1) is 5.92 Å². The molecule has 0 radical (unpaired) electrons. The lowest BCUT2D eigenvalue weighted by molar-refractivity contribution is -0.130. The van der Waals surface area contributed by atoms with E-state index in [1.807, 2.05) is 13.8 Å². The average molecular weight is 268 g/mol. The van der Waals surface area contributed by atoms with Gasteiger partial charge >= 0.3 is 6.09 Å². The fourth-order valence-electron chi connectivity index (χ4n) is 1.37. The van der Waals surface area contributed by atoms with Crippen molar-refractivity contribution in [2.45, 2.75) is 46.3 Å². The van der Waals surface area contributed by atoms with Gasteiger partial charge in [0.05, 0.1) is 0 Å². The minimum Gasteiger partial charge on any atom is -0.444 e. The highest BCUT2D eigenvalue weighted by atomic mass is 16.6. The summed E-state index contributed by atoms with van der Waals surface area (Å²) in [6.45, 7) is 12.4. The number of rotatable bonds is 4. The molecule has 1 N–H and O–H groups in total. The largest absolute Gasteiger partial charge is 0.444 e. The maximum atomic E-state index is 12.1. The zero-order valence-corrected chi connectivity index (χ0v) is 12.6. The van der Waals surface area contributed by atoms with Crippen molar-refractivity contribution in [2.75, 3.05) is 7.05 Å². The first-order valence-electron chi connectivity index (χ1n) is 6.20. The van der Waals surface area contributed by atoms with Gasteiger partial charge in [-0.25, -0.2) is 4.79 Å². The fourth-order valence-corrected chi connectivity index (χ4v) is 1.37. The lowest BCUT2D eigenvalue weighted by atomic mass is 10.0. The molecule has 2 amide bonds. The van der Waals surface area contributed by atoms with Crippen LogP contribution in [0.2, 0.25) is 0 Å². The Morgan fingerprint density at radius 1 is 1.37 bits per heavy atom. The number of hydrogen-bond acceptors (Lipinski definition) is 3. The number of hydrogen-bond donors (Lipinski definition) is 1. The number of carbonyl (C=O) groups excluding carboxylic acids is 2. The second-order valence-electron chi connectivity index (χ2n) is 5.65. The number of ether oxygens (including phenoxy) is 1. The van der Waals surface area contributed by atoms with Gasteiger partial charge in [-0.3, -0.25) is 4.79 Å². The number of nitrogens with zero attached hydrogens (tertiary/aromatic N) is 1. The standard InChI is InChI=1S/C14H24N2O3/c1-8-9-16(7)12(17)11(10(2)3)15-13(18)19-14(4,5)6/h9-11H,1H2,2-7H3,(H,15,18)/t11-/m0/s1. The summed E-state index contributed by atoms with van der Waals surface area (Å²) in [5, 5.41) is 2.59. The summed E-state index contributed by atoms with van der Waals surface area (Å²) in [5.41, 5.74) is 1.92. The molecular weight excluding hydrogens is 244 g/mol. The maximum Gasteiger partial charge on any atom is 0.408 e. The predicted molar refractivity (Wildman–Crippen MR) is 74.5 cm³/mol. The van der Waals surface area contributed by atoms with E-state index in [1.165, 1.54) is 11.1 Å². The molecular formula is C14H24N2O3. The van der Waals surface area contributed by atoms with Gasteiger partial charge in [-0.15, -0.1) is 5.73 Å². The minimum atomic E-state index is -0.649. The van der Waals surface area contributed by atoms with Crippen molar-refractivity contribution in [1.29, 1.82) is 0 Å². The highest BCUT2D eigenvalue weighted by molar-refractivity contribution is 5.86. The van der Waals surface area contributed by atoms with Crippen LogP contribution in [-0.2, 0) is 9.53 Å². The third-order valence-electron chi connectivity index (χ3n) is 2.24. The summed E-state index contributed by atoms with van der Waals surface area (Å²) < 4.78 is 5.15. The lowest BCUT2D eigenvalue weighted by Crippen LogP contribution is -2.50. The van der Waals surface area contributed by atoms with E-state index >= 15 is 0 Å². The Hall–Kier alpha value is -1.74. The summed E-state index contributed by atoms with van der Waals surface area (Å²) in [5.74, 6) is -0.294. The van der Waals surface area contributed by atoms with Crippen LogP contribution >= 0.6 is 0 Å². The van der Waals surface area contributed by atoms with E-state index in [2.05, 4.69) is 17.6 Å². The van der Waals surface area contributed by atoms with Gasteiger partial charge in [-0.05, 0) is 26.7 Å². The Balaban J connectivity index is 4.80. The highest BCUT2D eigenvalue weighted by Gasteiger charge is 2.28. The van der Waals surface area contributed by atoms with Crippen molar-refractivity contribution in [3.8, 4) is 0 Å². The summed E-state index contributed by atoms with van der Waals surface area (Å²) in [6.07, 6.45) is 0.824. The van der Waals surface area contributed by atoms with E-state index in [0.29, 0.717) is 0 Å². The molecule has 0 rings (SSSR count). The average Bonchev–Trinajstić information content (AvgIpc) is 2.22. The summed E-state index contributed by atoms with van der Waals surface area (Å²) in [6, 6.07) is -0.649. The topological polar surface area (TPSA) is 58.6 Å². The van der Waals surface area contributed by atoms with Crippen LogP contribution in [0.5, 0.6) is 0 Å². The molecule has 0 aliphatic rings. The van der Waals surface area contributed by atoms with E-state index in [9.17, 15) is 9.59 Å². The van der Waals surface area contributed by atoms with Gasteiger partial charge in [0.1, 0.15) is 11.6 Å². The molecule has 0 aliphatic heterocycles. The van der Waals surface area contributed by atoms with E-state index in [1.54, 1.807) is 27.8 Å². The fraction of sp³-hybridized carbons (Fsp3) is 0.643. The molecule has 0 aromatic carbocycles. The number of likely N-dealkylation sites (N-methyl/N-ethyl adjacent to an activating group) is 1. The second-order valence-corrected chi connectivity index (χ2v) is 5.65. The molecule has 0 spiro atoms. The van der Waals surface area contributed by atoms with Gasteiger partial charge < -0.3 is 15.0 Å². The minimum absolute atomic E-state index is 0.0549. The van der Waals surface area contributed by atoms with Gasteiger partial charge in [-0.1, -0.05) is 20.4 Å². The zero-order chi connectivity index (χ0) is 15.2. The first kappa shape index (κ1) is 17.3. The quantitative estimate of drug-likeness (QED) is 0.796. The Morgan fingerprint density at radius 3 is 2.26 bits per heavy atom. The predicted octanol–water partition coefficient (Wildman–Crippen LogP) is 2.29. The lowest BCUT2D eigenvalue weighted by Gasteiger charge is -2.26. The molecule has 5 nitrogen and oxygen atoms in total. The van der Waals surface area contributed by atoms with Crippen LogP contribution in [-0.4, -0.2) is 35.6 Å². The molecule has 19 heavy (non-hydrogen) atoms. The maximum absolute atomic E-state index is 12.1. The van der Waals surface area contributed by atoms with Crippen molar-refractivity contribution in [1.82, 2.24) is 10.2 Å². The highest BCUT2D eigenvalue weighted by Crippen LogP contribution is 2.10. The SMILES string of the molecule is C=C=CN(C)C(=O)[C@@H](NC(=O)OC(C)(C)C)C(C)C. The smallest absolute Gasteiger partial charge is 0.408 e. The summed E-state index contributed by atoms with van der Waals surface area (Å²) in [4.78, 5) is 25.2. The molecule has 0 saturated carbocycles. The van der Waals surface area contributed by atoms with Crippen LogP contribution in [0.1, 0.15) is 34.6 Å². The Kier molecular flexibility index (Phi) is 6.36. The Labute approximate surface area is 115 Å². The molecule has 0 fully saturated rings. The normalized spacial score (nSPS) is 12.4. The van der Waals surface area contributed by atoms with E-state index < -0.39 is 17.7 Å². The van der Waals surface area contributed by atoms with Crippen LogP contribution in [0.25, 0.3) is 0 Å². The van der Waals surface area contributed by atoms with Gasteiger partial charge in [0.25, 0.3) is 0 Å². The van der Waals surface area contributed by atoms with Crippen LogP contribution in [0.3, 0.4) is 0 Å². The molecule has 0 aromatic heterocycles. The third-order valence-corrected chi connectivity index (χ3v) is 2.24. The van der Waals surface area contributed by atoms with Gasteiger partial charge in [-0.2, -0.15) is 0 Å². The van der Waals surface area contributed by atoms with Crippen molar-refractivity contribution in [3.05, 3.63) is 18.5 Å². The van der Waals surface area contributed by atoms with Crippen molar-refractivity contribution >= 4 is 12.0 Å². The molecule has 0 unspecified atom stereocenters. The van der Waals surface area contributed by atoms with E-state index in [-0.39, 0.29) is 11.8 Å². The second kappa shape index (κ2) is 7.00. The third kappa shape index (κ3) is 6.67. The summed E-state index contributed by atoms with van der Waals surface area (Å²) in [7, 11) is 1.59. The molecule has 5 heteroatoms. The zero-order valence-electron chi connectivity index (χ0n) is 12.6. The first-order valence-corrected chi connectivity index (χ1v) is 6.20. The molecule has 0 aliphatic carbocycles. The molecule has 0 bridgehead atoms. The van der Waals surface area contributed by atoms with Crippen LogP contribution in [0.4, 0.5) is 4.79 Å². The van der Waals surface area contributed by atoms with Gasteiger partial charge in [0.15, 0.2) is 0 Å². The number of carbonyl (C=O) groups is 2. The molecule has 108 valence electrons. The van der Waals surface area contributed by atoms with Gasteiger partial charge in [0.2, 0.25) is 5.91 Å². The van der Waals surface area contributed by atoms with Crippen LogP contribution in [0.15, 0.2) is 18.5 Å². The Morgan fingerprint density at radius 2 is 1.89 bits per heavy atom. The molecule has 0 aromatic rings. The number of amides is 2. The monoisotopic (exact) mass is 268 g/mol. The van der Waals surface area contributed by atoms with Gasteiger partial charge in [0, 0.05) is 13.2 Å². The van der Waals surface area contributed by atoms with Crippen LogP contribution < -0.4 is 5.32 Å². The Bertz CT molecular complexity index is 377. The van der Waals surface area contributed by atoms with E-state index in [4.69, 9.17) is 4.74 Å². The van der Waals surface area contributed by atoms with Crippen molar-refractivity contribution in [2.24, 2.45) is 5.92 Å². The molecule has 0 saturated heterocycles. The first-order chi connectivity index (χ1) is 8.58. The van der Waals surface area contributed by atoms with Crippen molar-refractivity contribution < 1.29 is 14.3 Å². The van der Waals surface area contributed by atoms with Crippen molar-refractivity contribution in [3.63, 3.8) is 0 Å².